The van der Waals surface area contributed by atoms with Gasteiger partial charge in [-0.1, -0.05) is 12.1 Å². The second-order valence-electron chi connectivity index (χ2n) is 9.82. The first-order chi connectivity index (χ1) is 19.1. The number of aromatic nitrogens is 2. The van der Waals surface area contributed by atoms with Crippen LogP contribution in [0.5, 0.6) is 17.4 Å². The fraction of sp³-hybridized carbons (Fsp3) is 0.357. The molecule has 5 rings (SSSR count). The maximum Gasteiger partial charge on any atom is 0.423 e. The number of benzene rings is 2. The number of rotatable bonds is 7. The van der Waals surface area contributed by atoms with Crippen molar-refractivity contribution in [3.8, 4) is 17.4 Å². The number of alkyl halides is 3. The van der Waals surface area contributed by atoms with E-state index >= 15 is 0 Å². The zero-order valence-electron chi connectivity index (χ0n) is 22.4. The molecule has 2 aromatic carbocycles. The van der Waals surface area contributed by atoms with Crippen molar-refractivity contribution >= 4 is 35.7 Å². The van der Waals surface area contributed by atoms with Gasteiger partial charge >= 0.3 is 6.18 Å². The van der Waals surface area contributed by atoms with Gasteiger partial charge in [0.1, 0.15) is 17.1 Å². The lowest BCUT2D eigenvalue weighted by molar-refractivity contribution is -0.139. The number of carbonyl (C=O) groups is 2. The molecule has 0 atom stereocenters. The first-order valence-electron chi connectivity index (χ1n) is 12.8. The van der Waals surface area contributed by atoms with Gasteiger partial charge in [-0.05, 0) is 69.2 Å². The number of ether oxygens (including phenoxy) is 2. The van der Waals surface area contributed by atoms with E-state index in [0.29, 0.717) is 29.4 Å². The summed E-state index contributed by atoms with van der Waals surface area (Å²) in [5, 5.41) is 5.88. The van der Waals surface area contributed by atoms with Crippen molar-refractivity contribution in [2.75, 3.05) is 32.6 Å². The van der Waals surface area contributed by atoms with E-state index in [9.17, 15) is 22.8 Å². The number of methoxy groups -OCH3 is 1. The number of aryl methyl sites for hydroxylation is 1. The van der Waals surface area contributed by atoms with Gasteiger partial charge < -0.3 is 25.0 Å². The van der Waals surface area contributed by atoms with E-state index in [2.05, 4.69) is 25.5 Å². The highest BCUT2D eigenvalue weighted by Crippen LogP contribution is 2.40. The summed E-state index contributed by atoms with van der Waals surface area (Å²) in [4.78, 5) is 35.2. The number of piperidine rings is 1. The Kier molecular flexibility index (Phi) is 9.03. The lowest BCUT2D eigenvalue weighted by Crippen LogP contribution is -2.43. The number of ketones is 1. The molecule has 1 saturated heterocycles. The third kappa shape index (κ3) is 6.71. The summed E-state index contributed by atoms with van der Waals surface area (Å²) in [6.45, 7) is 1.80. The van der Waals surface area contributed by atoms with Crippen LogP contribution in [-0.2, 0) is 12.6 Å². The van der Waals surface area contributed by atoms with Crippen LogP contribution in [-0.4, -0.2) is 59.8 Å². The summed E-state index contributed by atoms with van der Waals surface area (Å²) < 4.78 is 52.4. The second-order valence-corrected chi connectivity index (χ2v) is 9.82. The lowest BCUT2D eigenvalue weighted by atomic mass is 10.0. The maximum atomic E-state index is 13.8. The number of nitrogens with one attached hydrogen (secondary N) is 2. The van der Waals surface area contributed by atoms with Crippen LogP contribution in [0.25, 0.3) is 0 Å². The fourth-order valence-electron chi connectivity index (χ4n) is 4.84. The van der Waals surface area contributed by atoms with Gasteiger partial charge in [0, 0.05) is 24.2 Å². The highest BCUT2D eigenvalue weighted by atomic mass is 35.5. The Bertz CT molecular complexity index is 1440. The monoisotopic (exact) mass is 591 g/mol. The van der Waals surface area contributed by atoms with Gasteiger partial charge in [-0.15, -0.1) is 12.4 Å². The Balaban J connectivity index is 0.00000387. The van der Waals surface area contributed by atoms with Crippen LogP contribution in [0.4, 0.5) is 24.8 Å². The number of hydrogen-bond acceptors (Lipinski definition) is 8. The molecular formula is C28H29ClF3N5O4. The van der Waals surface area contributed by atoms with Crippen LogP contribution in [0.15, 0.2) is 42.6 Å². The molecule has 1 aliphatic carbocycles. The van der Waals surface area contributed by atoms with Gasteiger partial charge in [-0.25, -0.2) is 4.98 Å². The van der Waals surface area contributed by atoms with Crippen molar-refractivity contribution in [2.24, 2.45) is 0 Å². The number of Topliss-reactive ketones (excluding diaryl/α,β-unsaturated/α-hetero) is 1. The number of likely N-dealkylation sites (tertiary alicyclic amines) is 1. The number of halogens is 4. The molecule has 13 heteroatoms. The third-order valence-corrected chi connectivity index (χ3v) is 7.04. The van der Waals surface area contributed by atoms with Crippen LogP contribution in [0, 0.1) is 0 Å². The van der Waals surface area contributed by atoms with Gasteiger partial charge in [0.2, 0.25) is 11.8 Å². The SMILES string of the molecule is COc1cc(C(=O)NC2CCN(C)CC2)ccc1Nc1ncc(C(F)(F)F)c(Oc2cccc3c2C(=O)CC3)n1.Cl. The predicted molar refractivity (Wildman–Crippen MR) is 148 cm³/mol. The van der Waals surface area contributed by atoms with E-state index in [1.54, 1.807) is 24.3 Å². The minimum atomic E-state index is -4.80. The summed E-state index contributed by atoms with van der Waals surface area (Å²) in [7, 11) is 3.45. The van der Waals surface area contributed by atoms with Crippen molar-refractivity contribution in [1.29, 1.82) is 0 Å². The molecule has 0 unspecified atom stereocenters. The number of fused-ring (bicyclic) bond motifs is 1. The number of hydrogen-bond donors (Lipinski definition) is 2. The summed E-state index contributed by atoms with van der Waals surface area (Å²) in [6.07, 6.45) is -1.70. The van der Waals surface area contributed by atoms with Gasteiger partial charge in [0.25, 0.3) is 5.91 Å². The normalized spacial score (nSPS) is 15.6. The summed E-state index contributed by atoms with van der Waals surface area (Å²) in [5.41, 5.74) is 0.503. The Morgan fingerprint density at radius 1 is 1.10 bits per heavy atom. The smallest absolute Gasteiger partial charge is 0.423 e. The minimum absolute atomic E-state index is 0. The molecule has 218 valence electrons. The third-order valence-electron chi connectivity index (χ3n) is 7.04. The number of anilines is 2. The zero-order valence-corrected chi connectivity index (χ0v) is 23.2. The molecule has 9 nitrogen and oxygen atoms in total. The number of nitrogens with zero attached hydrogens (tertiary/aromatic N) is 3. The van der Waals surface area contributed by atoms with E-state index < -0.39 is 17.6 Å². The second kappa shape index (κ2) is 12.3. The van der Waals surface area contributed by atoms with Crippen LogP contribution in [0.3, 0.4) is 0 Å². The fourth-order valence-corrected chi connectivity index (χ4v) is 4.84. The number of amides is 1. The molecule has 0 radical (unpaired) electrons. The Hall–Kier alpha value is -3.90. The Morgan fingerprint density at radius 2 is 1.85 bits per heavy atom. The van der Waals surface area contributed by atoms with E-state index in [1.165, 1.54) is 19.2 Å². The highest BCUT2D eigenvalue weighted by Gasteiger charge is 2.37. The van der Waals surface area contributed by atoms with E-state index in [-0.39, 0.29) is 59.6 Å². The first-order valence-corrected chi connectivity index (χ1v) is 12.8. The van der Waals surface area contributed by atoms with Gasteiger partial charge in [0.15, 0.2) is 5.78 Å². The maximum absolute atomic E-state index is 13.8. The van der Waals surface area contributed by atoms with Crippen molar-refractivity contribution in [3.05, 3.63) is 64.8 Å². The van der Waals surface area contributed by atoms with E-state index in [0.717, 1.165) is 25.9 Å². The first kappa shape index (κ1) is 30.1. The van der Waals surface area contributed by atoms with Crippen molar-refractivity contribution in [3.63, 3.8) is 0 Å². The van der Waals surface area contributed by atoms with Crippen molar-refractivity contribution < 1.29 is 32.2 Å². The molecule has 1 fully saturated rings. The molecule has 1 amide bonds. The molecule has 2 heterocycles. The molecule has 3 aromatic rings. The topological polar surface area (TPSA) is 106 Å². The standard InChI is InChI=1S/C28H28F3N5O4.ClH/c1-36-12-10-18(11-13-36)33-25(38)17-6-8-20(23(14-17)39-2)34-27-32-15-19(28(29,30)31)26(35-27)40-22-5-3-4-16-7-9-21(37)24(16)22;/h3-6,8,14-15,18H,7,9-13H2,1-2H3,(H,33,38)(H,32,34,35);1H. The molecule has 41 heavy (non-hydrogen) atoms. The molecule has 0 bridgehead atoms. The average molecular weight is 592 g/mol. The summed E-state index contributed by atoms with van der Waals surface area (Å²) in [6, 6.07) is 9.56. The zero-order chi connectivity index (χ0) is 28.4. The van der Waals surface area contributed by atoms with Crippen LogP contribution in [0.2, 0.25) is 0 Å². The van der Waals surface area contributed by atoms with E-state index in [1.807, 2.05) is 7.05 Å². The Morgan fingerprint density at radius 3 is 2.56 bits per heavy atom. The largest absolute Gasteiger partial charge is 0.495 e. The van der Waals surface area contributed by atoms with Crippen LogP contribution in [0.1, 0.15) is 51.1 Å². The molecule has 2 N–H and O–H groups in total. The summed E-state index contributed by atoms with van der Waals surface area (Å²) >= 11 is 0. The van der Waals surface area contributed by atoms with Crippen LogP contribution < -0.4 is 20.1 Å². The number of carbonyl (C=O) groups excluding carboxylic acids is 2. The quantitative estimate of drug-likeness (QED) is 0.376. The molecule has 2 aliphatic rings. The molecule has 0 saturated carbocycles. The van der Waals surface area contributed by atoms with Crippen molar-refractivity contribution in [2.45, 2.75) is 37.9 Å². The average Bonchev–Trinajstić information content (AvgIpc) is 3.31. The molecular weight excluding hydrogens is 563 g/mol. The molecule has 0 spiro atoms. The van der Waals surface area contributed by atoms with E-state index in [4.69, 9.17) is 9.47 Å². The van der Waals surface area contributed by atoms with Gasteiger partial charge in [-0.2, -0.15) is 18.2 Å². The highest BCUT2D eigenvalue weighted by molar-refractivity contribution is 6.03. The molecule has 1 aromatic heterocycles. The van der Waals surface area contributed by atoms with Gasteiger partial charge in [-0.3, -0.25) is 9.59 Å². The minimum Gasteiger partial charge on any atom is -0.495 e. The lowest BCUT2D eigenvalue weighted by Gasteiger charge is -2.29. The van der Waals surface area contributed by atoms with Gasteiger partial charge in [0.05, 0.1) is 18.4 Å². The van der Waals surface area contributed by atoms with Crippen LogP contribution >= 0.6 is 12.4 Å². The summed E-state index contributed by atoms with van der Waals surface area (Å²) in [5.74, 6) is -1.10. The predicted octanol–water partition coefficient (Wildman–Crippen LogP) is 5.41. The molecule has 1 aliphatic heterocycles. The Labute approximate surface area is 240 Å². The van der Waals surface area contributed by atoms with Crippen molar-refractivity contribution in [1.82, 2.24) is 20.2 Å².